The number of amidine groups is 1. The van der Waals surface area contributed by atoms with Gasteiger partial charge in [0.1, 0.15) is 5.54 Å². The van der Waals surface area contributed by atoms with E-state index in [4.69, 9.17) is 34.1 Å². The van der Waals surface area contributed by atoms with E-state index in [1.807, 2.05) is 0 Å². The normalized spacial score (nSPS) is 18.3. The third kappa shape index (κ3) is 3.24. The van der Waals surface area contributed by atoms with Crippen LogP contribution in [-0.2, 0) is 0 Å². The van der Waals surface area contributed by atoms with Crippen LogP contribution in [0.15, 0.2) is 23.4 Å². The summed E-state index contributed by atoms with van der Waals surface area (Å²) >= 11 is 12.0. The highest BCUT2D eigenvalue weighted by Gasteiger charge is 2.38. The van der Waals surface area contributed by atoms with E-state index in [0.29, 0.717) is 17.9 Å². The number of benzene rings is 1. The molecule has 1 amide bonds. The van der Waals surface area contributed by atoms with Gasteiger partial charge in [-0.25, -0.2) is 0 Å². The van der Waals surface area contributed by atoms with E-state index in [9.17, 15) is 4.79 Å². The van der Waals surface area contributed by atoms with E-state index in [1.54, 1.807) is 18.2 Å². The van der Waals surface area contributed by atoms with Crippen LogP contribution in [0.1, 0.15) is 42.5 Å². The Morgan fingerprint density at radius 3 is 2.57 bits per heavy atom. The molecule has 5 nitrogen and oxygen atoms in total. The molecule has 0 unspecified atom stereocenters. The first-order valence-corrected chi connectivity index (χ1v) is 7.50. The second kappa shape index (κ2) is 6.54. The molecule has 114 valence electrons. The van der Waals surface area contributed by atoms with Crippen molar-refractivity contribution in [3.8, 4) is 0 Å². The molecule has 7 heteroatoms. The van der Waals surface area contributed by atoms with Gasteiger partial charge in [-0.15, -0.1) is 0 Å². The Morgan fingerprint density at radius 1 is 1.29 bits per heavy atom. The lowest BCUT2D eigenvalue weighted by molar-refractivity contribution is 0.0906. The maximum absolute atomic E-state index is 12.5. The smallest absolute Gasteiger partial charge is 0.253 e. The quantitative estimate of drug-likeness (QED) is 0.344. The number of oxime groups is 1. The number of carbonyl (C=O) groups excluding carboxylic acids is 1. The third-order valence-electron chi connectivity index (χ3n) is 3.85. The zero-order valence-corrected chi connectivity index (χ0v) is 12.9. The lowest BCUT2D eigenvalue weighted by atomic mass is 9.80. The molecular weight excluding hydrogens is 313 g/mol. The molecule has 0 spiro atoms. The molecule has 2 rings (SSSR count). The first-order chi connectivity index (χ1) is 10.00. The number of nitrogens with one attached hydrogen (secondary N) is 1. The fourth-order valence-corrected chi connectivity index (χ4v) is 3.05. The molecule has 1 aliphatic carbocycles. The Labute approximate surface area is 133 Å². The first kappa shape index (κ1) is 15.9. The molecule has 0 saturated heterocycles. The highest BCUT2D eigenvalue weighted by molar-refractivity contribution is 6.43. The number of hydrogen-bond donors (Lipinski definition) is 3. The van der Waals surface area contributed by atoms with Crippen LogP contribution in [0.2, 0.25) is 10.0 Å². The molecule has 21 heavy (non-hydrogen) atoms. The van der Waals surface area contributed by atoms with Crippen molar-refractivity contribution in [2.45, 2.75) is 37.6 Å². The third-order valence-corrected chi connectivity index (χ3v) is 4.67. The molecule has 4 N–H and O–H groups in total. The molecule has 1 aliphatic rings. The average molecular weight is 330 g/mol. The molecule has 1 aromatic rings. The summed E-state index contributed by atoms with van der Waals surface area (Å²) in [7, 11) is 0. The van der Waals surface area contributed by atoms with Gasteiger partial charge >= 0.3 is 0 Å². The summed E-state index contributed by atoms with van der Waals surface area (Å²) in [5, 5.41) is 15.5. The van der Waals surface area contributed by atoms with Gasteiger partial charge in [0.2, 0.25) is 0 Å². The van der Waals surface area contributed by atoms with Gasteiger partial charge in [-0.1, -0.05) is 53.7 Å². The largest absolute Gasteiger partial charge is 0.409 e. The fourth-order valence-electron chi connectivity index (χ4n) is 2.66. The molecular formula is C14H17Cl2N3O2. The van der Waals surface area contributed by atoms with Crippen molar-refractivity contribution in [3.63, 3.8) is 0 Å². The zero-order chi connectivity index (χ0) is 15.5. The standard InChI is InChI=1S/C14H17Cl2N3O2/c15-10-6-4-5-9(11(10)16)12(20)18-14(13(17)19-21)7-2-1-3-8-14/h4-6,21H,1-3,7-8H2,(H2,17,19)(H,18,20). The molecule has 1 saturated carbocycles. The number of hydrogen-bond acceptors (Lipinski definition) is 3. The number of carbonyl (C=O) groups is 1. The highest BCUT2D eigenvalue weighted by atomic mass is 35.5. The summed E-state index contributed by atoms with van der Waals surface area (Å²) in [6.45, 7) is 0. The molecule has 1 aromatic carbocycles. The van der Waals surface area contributed by atoms with E-state index in [0.717, 1.165) is 19.3 Å². The van der Waals surface area contributed by atoms with Crippen molar-refractivity contribution in [1.29, 1.82) is 0 Å². The lowest BCUT2D eigenvalue weighted by Gasteiger charge is -2.36. The van der Waals surface area contributed by atoms with Crippen molar-refractivity contribution in [3.05, 3.63) is 33.8 Å². The van der Waals surface area contributed by atoms with Crippen LogP contribution < -0.4 is 11.1 Å². The Balaban J connectivity index is 2.28. The van der Waals surface area contributed by atoms with E-state index in [-0.39, 0.29) is 22.3 Å². The molecule has 0 aromatic heterocycles. The molecule has 0 atom stereocenters. The minimum atomic E-state index is -0.824. The predicted octanol–water partition coefficient (Wildman–Crippen LogP) is 3.17. The van der Waals surface area contributed by atoms with Gasteiger partial charge in [-0.05, 0) is 25.0 Å². The van der Waals surface area contributed by atoms with Crippen LogP contribution in [0, 0.1) is 0 Å². The molecule has 0 aliphatic heterocycles. The minimum absolute atomic E-state index is 0.0219. The van der Waals surface area contributed by atoms with Crippen LogP contribution in [0.5, 0.6) is 0 Å². The monoisotopic (exact) mass is 329 g/mol. The minimum Gasteiger partial charge on any atom is -0.409 e. The number of rotatable bonds is 3. The summed E-state index contributed by atoms with van der Waals surface area (Å²) in [6, 6.07) is 4.85. The first-order valence-electron chi connectivity index (χ1n) is 6.75. The van der Waals surface area contributed by atoms with E-state index < -0.39 is 5.54 Å². The van der Waals surface area contributed by atoms with Crippen molar-refractivity contribution >= 4 is 34.9 Å². The van der Waals surface area contributed by atoms with E-state index in [2.05, 4.69) is 10.5 Å². The van der Waals surface area contributed by atoms with Crippen LogP contribution in [0.4, 0.5) is 0 Å². The predicted molar refractivity (Wildman–Crippen MR) is 83.2 cm³/mol. The van der Waals surface area contributed by atoms with Crippen LogP contribution in [-0.4, -0.2) is 22.5 Å². The second-order valence-corrected chi connectivity index (χ2v) is 5.97. The Kier molecular flexibility index (Phi) is 4.96. The van der Waals surface area contributed by atoms with Crippen LogP contribution >= 0.6 is 23.2 Å². The second-order valence-electron chi connectivity index (χ2n) is 5.18. The van der Waals surface area contributed by atoms with Gasteiger partial charge < -0.3 is 16.3 Å². The molecule has 0 heterocycles. The summed E-state index contributed by atoms with van der Waals surface area (Å²) < 4.78 is 0. The number of halogens is 2. The van der Waals surface area contributed by atoms with Crippen molar-refractivity contribution in [1.82, 2.24) is 5.32 Å². The fraction of sp³-hybridized carbons (Fsp3) is 0.429. The van der Waals surface area contributed by atoms with E-state index >= 15 is 0 Å². The number of nitrogens with two attached hydrogens (primary N) is 1. The van der Waals surface area contributed by atoms with Gasteiger partial charge in [0, 0.05) is 0 Å². The Morgan fingerprint density at radius 2 is 1.95 bits per heavy atom. The van der Waals surface area contributed by atoms with Crippen molar-refractivity contribution in [2.24, 2.45) is 10.9 Å². The van der Waals surface area contributed by atoms with Crippen molar-refractivity contribution < 1.29 is 10.0 Å². The Hall–Kier alpha value is -1.46. The lowest BCUT2D eigenvalue weighted by Crippen LogP contribution is -2.58. The number of amides is 1. The number of nitrogens with zero attached hydrogens (tertiary/aromatic N) is 1. The van der Waals surface area contributed by atoms with Gasteiger partial charge in [0.15, 0.2) is 5.84 Å². The topological polar surface area (TPSA) is 87.7 Å². The summed E-state index contributed by atoms with van der Waals surface area (Å²) in [4.78, 5) is 12.5. The van der Waals surface area contributed by atoms with Crippen LogP contribution in [0.3, 0.4) is 0 Å². The SMILES string of the molecule is N/C(=N/O)C1(NC(=O)c2cccc(Cl)c2Cl)CCCCC1. The zero-order valence-electron chi connectivity index (χ0n) is 11.4. The van der Waals surface area contributed by atoms with Crippen LogP contribution in [0.25, 0.3) is 0 Å². The Bertz CT molecular complexity index is 569. The van der Waals surface area contributed by atoms with E-state index in [1.165, 1.54) is 0 Å². The van der Waals surface area contributed by atoms with Gasteiger partial charge in [-0.3, -0.25) is 4.79 Å². The molecule has 0 radical (unpaired) electrons. The maximum atomic E-state index is 12.5. The summed E-state index contributed by atoms with van der Waals surface area (Å²) in [5.74, 6) is -0.357. The summed E-state index contributed by atoms with van der Waals surface area (Å²) in [5.41, 5.74) is 5.26. The van der Waals surface area contributed by atoms with Gasteiger partial charge in [0.25, 0.3) is 5.91 Å². The maximum Gasteiger partial charge on any atom is 0.253 e. The van der Waals surface area contributed by atoms with Gasteiger partial charge in [-0.2, -0.15) is 0 Å². The van der Waals surface area contributed by atoms with Gasteiger partial charge in [0.05, 0.1) is 15.6 Å². The highest BCUT2D eigenvalue weighted by Crippen LogP contribution is 2.30. The average Bonchev–Trinajstić information content (AvgIpc) is 2.50. The molecule has 1 fully saturated rings. The summed E-state index contributed by atoms with van der Waals surface area (Å²) in [6.07, 6.45) is 4.13. The van der Waals surface area contributed by atoms with Crippen molar-refractivity contribution in [2.75, 3.05) is 0 Å². The molecule has 0 bridgehead atoms.